The molecule has 0 aliphatic rings. The Balaban J connectivity index is 2.71. The number of hydrogen-bond acceptors (Lipinski definition) is 2. The van der Waals surface area contributed by atoms with Crippen molar-refractivity contribution in [2.75, 3.05) is 0 Å². The molecule has 0 aliphatic heterocycles. The van der Waals surface area contributed by atoms with E-state index < -0.39 is 5.91 Å². The molecule has 0 heterocycles. The normalized spacial score (nSPS) is 10.8. The molecule has 0 aliphatic carbocycles. The molecule has 1 amide bonds. The minimum absolute atomic E-state index is 0.533. The van der Waals surface area contributed by atoms with Crippen molar-refractivity contribution >= 4 is 29.0 Å². The van der Waals surface area contributed by atoms with Crippen LogP contribution in [0.3, 0.4) is 0 Å². The van der Waals surface area contributed by atoms with E-state index in [1.54, 1.807) is 12.1 Å². The minimum Gasteiger partial charge on any atom is -0.366 e. The highest BCUT2D eigenvalue weighted by Gasteiger charge is 2.04. The first-order chi connectivity index (χ1) is 8.22. The number of fused-ring (bicyclic) bond motifs is 1. The lowest BCUT2D eigenvalue weighted by Gasteiger charge is -2.04. The molecular formula is C14H11NO2. The lowest BCUT2D eigenvalue weighted by atomic mass is 9.99. The average molecular weight is 225 g/mol. The Morgan fingerprint density at radius 3 is 2.59 bits per heavy atom. The van der Waals surface area contributed by atoms with Gasteiger partial charge in [-0.15, -0.1) is 0 Å². The van der Waals surface area contributed by atoms with Crippen LogP contribution in [-0.4, -0.2) is 12.2 Å². The molecule has 0 unspecified atom stereocenters. The molecule has 0 spiro atoms. The Bertz CT molecular complexity index is 615. The van der Waals surface area contributed by atoms with Crippen molar-refractivity contribution in [3.8, 4) is 0 Å². The molecule has 84 valence electrons. The fourth-order valence-corrected chi connectivity index (χ4v) is 1.77. The second-order valence-electron chi connectivity index (χ2n) is 3.64. The predicted octanol–water partition coefficient (Wildman–Crippen LogP) is 2.15. The van der Waals surface area contributed by atoms with Crippen LogP contribution in [0.15, 0.2) is 42.5 Å². The monoisotopic (exact) mass is 225 g/mol. The summed E-state index contributed by atoms with van der Waals surface area (Å²) >= 11 is 0. The van der Waals surface area contributed by atoms with Gasteiger partial charge in [-0.3, -0.25) is 9.59 Å². The summed E-state index contributed by atoms with van der Waals surface area (Å²) in [5.41, 5.74) is 6.32. The van der Waals surface area contributed by atoms with E-state index in [0.29, 0.717) is 5.56 Å². The fourth-order valence-electron chi connectivity index (χ4n) is 1.77. The van der Waals surface area contributed by atoms with Gasteiger partial charge >= 0.3 is 0 Å². The Labute approximate surface area is 98.5 Å². The summed E-state index contributed by atoms with van der Waals surface area (Å²) < 4.78 is 0. The fraction of sp³-hybridized carbons (Fsp3) is 0. The summed E-state index contributed by atoms with van der Waals surface area (Å²) in [5.74, 6) is -0.533. The SMILES string of the molecule is NC(=O)C=Cc1c(C=O)ccc2ccccc12. The molecule has 0 atom stereocenters. The number of hydrogen-bond donors (Lipinski definition) is 1. The number of rotatable bonds is 3. The minimum atomic E-state index is -0.533. The summed E-state index contributed by atoms with van der Waals surface area (Å²) in [6, 6.07) is 11.3. The Morgan fingerprint density at radius 2 is 1.88 bits per heavy atom. The third-order valence-corrected chi connectivity index (χ3v) is 2.55. The van der Waals surface area contributed by atoms with E-state index in [2.05, 4.69) is 0 Å². The number of benzene rings is 2. The molecule has 3 heteroatoms. The van der Waals surface area contributed by atoms with Gasteiger partial charge < -0.3 is 5.73 Å². The Kier molecular flexibility index (Phi) is 3.01. The van der Waals surface area contributed by atoms with E-state index in [4.69, 9.17) is 5.73 Å². The van der Waals surface area contributed by atoms with Gasteiger partial charge in [0.15, 0.2) is 6.29 Å². The molecule has 2 rings (SSSR count). The summed E-state index contributed by atoms with van der Waals surface area (Å²) in [6.45, 7) is 0. The number of amides is 1. The van der Waals surface area contributed by atoms with E-state index in [1.165, 1.54) is 6.08 Å². The second-order valence-corrected chi connectivity index (χ2v) is 3.64. The molecule has 17 heavy (non-hydrogen) atoms. The largest absolute Gasteiger partial charge is 0.366 e. The van der Waals surface area contributed by atoms with E-state index in [-0.39, 0.29) is 0 Å². The molecule has 0 aromatic heterocycles. The predicted molar refractivity (Wildman–Crippen MR) is 67.6 cm³/mol. The van der Waals surface area contributed by atoms with E-state index in [9.17, 15) is 9.59 Å². The first-order valence-electron chi connectivity index (χ1n) is 5.17. The standard InChI is InChI=1S/C14H11NO2/c15-14(17)8-7-13-11(9-16)6-5-10-3-1-2-4-12(10)13/h1-9H,(H2,15,17). The topological polar surface area (TPSA) is 60.2 Å². The van der Waals surface area contributed by atoms with Crippen LogP contribution < -0.4 is 5.73 Å². The van der Waals surface area contributed by atoms with Gasteiger partial charge in [-0.1, -0.05) is 36.4 Å². The van der Waals surface area contributed by atoms with Crippen molar-refractivity contribution < 1.29 is 9.59 Å². The summed E-state index contributed by atoms with van der Waals surface area (Å²) in [4.78, 5) is 21.7. The number of primary amides is 1. The molecule has 0 saturated heterocycles. The maximum atomic E-state index is 11.0. The van der Waals surface area contributed by atoms with Gasteiger partial charge in [-0.25, -0.2) is 0 Å². The molecule has 0 saturated carbocycles. The molecular weight excluding hydrogens is 214 g/mol. The van der Waals surface area contributed by atoms with Gasteiger partial charge in [0.2, 0.25) is 5.91 Å². The first-order valence-corrected chi connectivity index (χ1v) is 5.17. The van der Waals surface area contributed by atoms with E-state index in [0.717, 1.165) is 22.6 Å². The van der Waals surface area contributed by atoms with E-state index >= 15 is 0 Å². The molecule has 2 aromatic rings. The summed E-state index contributed by atoms with van der Waals surface area (Å²) in [7, 11) is 0. The van der Waals surface area contributed by atoms with Crippen LogP contribution in [0.1, 0.15) is 15.9 Å². The van der Waals surface area contributed by atoms with Crippen LogP contribution in [0.25, 0.3) is 16.8 Å². The number of carbonyl (C=O) groups is 2. The maximum Gasteiger partial charge on any atom is 0.241 e. The highest BCUT2D eigenvalue weighted by molar-refractivity contribution is 6.01. The van der Waals surface area contributed by atoms with Crippen molar-refractivity contribution in [3.05, 3.63) is 53.6 Å². The van der Waals surface area contributed by atoms with Crippen molar-refractivity contribution in [2.24, 2.45) is 5.73 Å². The lowest BCUT2D eigenvalue weighted by Crippen LogP contribution is -2.05. The van der Waals surface area contributed by atoms with E-state index in [1.807, 2.05) is 30.3 Å². The molecule has 2 aromatic carbocycles. The van der Waals surface area contributed by atoms with Crippen molar-refractivity contribution in [1.29, 1.82) is 0 Å². The van der Waals surface area contributed by atoms with Gasteiger partial charge in [-0.05, 0) is 22.4 Å². The zero-order valence-electron chi connectivity index (χ0n) is 9.09. The van der Waals surface area contributed by atoms with Gasteiger partial charge in [-0.2, -0.15) is 0 Å². The third-order valence-electron chi connectivity index (χ3n) is 2.55. The molecule has 0 fully saturated rings. The summed E-state index contributed by atoms with van der Waals surface area (Å²) in [5, 5.41) is 1.94. The van der Waals surface area contributed by atoms with Crippen LogP contribution in [0.2, 0.25) is 0 Å². The Hall–Kier alpha value is -2.42. The van der Waals surface area contributed by atoms with Crippen LogP contribution >= 0.6 is 0 Å². The second kappa shape index (κ2) is 4.61. The quantitative estimate of drug-likeness (QED) is 0.642. The molecule has 0 radical (unpaired) electrons. The maximum absolute atomic E-state index is 11.0. The lowest BCUT2D eigenvalue weighted by molar-refractivity contribution is -0.113. The van der Waals surface area contributed by atoms with Crippen molar-refractivity contribution in [2.45, 2.75) is 0 Å². The Morgan fingerprint density at radius 1 is 1.12 bits per heavy atom. The van der Waals surface area contributed by atoms with Crippen LogP contribution in [0.4, 0.5) is 0 Å². The van der Waals surface area contributed by atoms with Gasteiger partial charge in [0.25, 0.3) is 0 Å². The van der Waals surface area contributed by atoms with Crippen molar-refractivity contribution in [3.63, 3.8) is 0 Å². The van der Waals surface area contributed by atoms with Gasteiger partial charge in [0, 0.05) is 11.6 Å². The number of aldehydes is 1. The smallest absolute Gasteiger partial charge is 0.241 e. The molecule has 3 nitrogen and oxygen atoms in total. The molecule has 0 bridgehead atoms. The molecule has 2 N–H and O–H groups in total. The highest BCUT2D eigenvalue weighted by atomic mass is 16.1. The summed E-state index contributed by atoms with van der Waals surface area (Å²) in [6.07, 6.45) is 3.61. The first kappa shape index (κ1) is 11.1. The van der Waals surface area contributed by atoms with Crippen molar-refractivity contribution in [1.82, 2.24) is 0 Å². The third kappa shape index (κ3) is 2.23. The zero-order chi connectivity index (χ0) is 12.3. The van der Waals surface area contributed by atoms with Crippen LogP contribution in [-0.2, 0) is 4.79 Å². The van der Waals surface area contributed by atoms with Gasteiger partial charge in [0.05, 0.1) is 0 Å². The average Bonchev–Trinajstić information content (AvgIpc) is 2.35. The van der Waals surface area contributed by atoms with Crippen LogP contribution in [0.5, 0.6) is 0 Å². The number of carbonyl (C=O) groups excluding carboxylic acids is 2. The zero-order valence-corrected chi connectivity index (χ0v) is 9.09. The highest BCUT2D eigenvalue weighted by Crippen LogP contribution is 2.22. The number of nitrogens with two attached hydrogens (primary N) is 1. The van der Waals surface area contributed by atoms with Gasteiger partial charge in [0.1, 0.15) is 0 Å². The van der Waals surface area contributed by atoms with Crippen LogP contribution in [0, 0.1) is 0 Å².